The fourth-order valence-corrected chi connectivity index (χ4v) is 16.9. The molecule has 7 rings (SSSR count). The van der Waals surface area contributed by atoms with Gasteiger partial charge in [0, 0.05) is 74.5 Å². The van der Waals surface area contributed by atoms with E-state index < -0.39 is 154 Å². The normalized spacial score (nSPS) is 48.0. The van der Waals surface area contributed by atoms with Crippen molar-refractivity contribution in [2.45, 2.75) is 255 Å². The summed E-state index contributed by atoms with van der Waals surface area (Å²) in [7, 11) is 7.03. The summed E-state index contributed by atoms with van der Waals surface area (Å²) >= 11 is 0. The molecule has 26 atom stereocenters. The number of hydrogen-bond acceptors (Lipinski definition) is 20. The minimum absolute atomic E-state index is 0.000939. The number of esters is 2. The van der Waals surface area contributed by atoms with Gasteiger partial charge in [0.2, 0.25) is 0 Å². The maximum atomic E-state index is 17.7. The van der Waals surface area contributed by atoms with Crippen LogP contribution < -0.4 is 10.6 Å². The van der Waals surface area contributed by atoms with Crippen molar-refractivity contribution in [3.63, 3.8) is 0 Å². The average Bonchev–Trinajstić information content (AvgIpc) is 1.34. The molecule has 7 aliphatic rings. The molecule has 1 amide bonds. The lowest BCUT2D eigenvalue weighted by molar-refractivity contribution is -0.318. The van der Waals surface area contributed by atoms with Gasteiger partial charge < -0.3 is 84.2 Å². The van der Waals surface area contributed by atoms with Crippen LogP contribution in [0.2, 0.25) is 0 Å². The Balaban J connectivity index is 1.02. The van der Waals surface area contributed by atoms with Crippen molar-refractivity contribution in [2.75, 3.05) is 54.4 Å². The van der Waals surface area contributed by atoms with Gasteiger partial charge in [-0.2, -0.15) is 0 Å². The van der Waals surface area contributed by atoms with Crippen LogP contribution in [-0.4, -0.2) is 226 Å². The highest BCUT2D eigenvalue weighted by molar-refractivity contribution is 6.01. The van der Waals surface area contributed by atoms with Crippen LogP contribution in [0.1, 0.15) is 148 Å². The summed E-state index contributed by atoms with van der Waals surface area (Å²) in [6.45, 7) is 23.6. The molecule has 0 aromatic heterocycles. The highest BCUT2D eigenvalue weighted by Gasteiger charge is 2.76. The third-order valence-corrected chi connectivity index (χ3v) is 22.1. The lowest BCUT2D eigenvalue weighted by Gasteiger charge is -2.62. The van der Waals surface area contributed by atoms with Crippen LogP contribution in [0, 0.1) is 46.3 Å². The van der Waals surface area contributed by atoms with Crippen LogP contribution in [0.3, 0.4) is 0 Å². The summed E-state index contributed by atoms with van der Waals surface area (Å²) in [5, 5.41) is 78.5. The van der Waals surface area contributed by atoms with E-state index in [2.05, 4.69) is 10.6 Å². The molecule has 21 nitrogen and oxygen atoms in total. The van der Waals surface area contributed by atoms with E-state index in [-0.39, 0.29) is 75.6 Å². The Morgan fingerprint density at radius 1 is 0.884 bits per heavy atom. The fraction of sp³-hybridized carbons (Fsp3) is 0.875. The van der Waals surface area contributed by atoms with Gasteiger partial charge in [-0.3, -0.25) is 19.2 Å². The minimum Gasteiger partial charge on any atom is -0.459 e. The third kappa shape index (κ3) is 13.1. The van der Waals surface area contributed by atoms with E-state index in [1.807, 2.05) is 44.8 Å². The number of carbonyl (C=O) groups excluding carboxylic acids is 4. The molecule has 3 saturated carbocycles. The highest BCUT2D eigenvalue weighted by Crippen LogP contribution is 2.70. The number of cyclic esters (lactones) is 1. The third-order valence-electron chi connectivity index (χ3n) is 22.1. The lowest BCUT2D eigenvalue weighted by Crippen LogP contribution is -2.70. The molecule has 22 heteroatoms. The van der Waals surface area contributed by atoms with Crippen molar-refractivity contribution < 1.29 is 87.4 Å². The highest BCUT2D eigenvalue weighted by atomic mass is 19.1. The van der Waals surface area contributed by atoms with Gasteiger partial charge in [0.1, 0.15) is 29.5 Å². The number of methoxy groups -OCH3 is 1. The molecule has 4 aliphatic carbocycles. The molecule has 3 saturated heterocycles. The van der Waals surface area contributed by atoms with Crippen molar-refractivity contribution in [2.24, 2.45) is 46.3 Å². The fourth-order valence-electron chi connectivity index (χ4n) is 16.9. The molecule has 4 unspecified atom stereocenters. The largest absolute Gasteiger partial charge is 0.459 e. The number of allylic oxidation sites excluding steroid dienone is 4. The maximum absolute atomic E-state index is 17.7. The Morgan fingerprint density at radius 2 is 1.56 bits per heavy atom. The first-order chi connectivity index (χ1) is 39.9. The molecule has 0 bridgehead atoms. The van der Waals surface area contributed by atoms with Crippen molar-refractivity contribution in [3.05, 3.63) is 23.8 Å². The van der Waals surface area contributed by atoms with Crippen LogP contribution in [0.4, 0.5) is 4.39 Å². The topological polar surface area (TPSA) is 285 Å². The Labute approximate surface area is 509 Å². The molecular formula is C64H107FN4O17. The standard InChI is InChI=1S/C64H107FN4O17/c1-18-47-62(13,78)52(74)39(7)69(16)33-34(2)30-60(11,77)53(86-56-50(73)45(68(14)15)28-36(4)81-56)37(5)51(38(6)55(75)83-47)85-49-32-61(12,80-17)54(40(8)82-49)84-48(72)22-24-66-25-26-67-57(76)64(79)35(3)27-44-43-20-19-41-29-42(70)21-23-58(41,9)63(43,65)46(71)31-59(44,64)10/h21,23,29,34-40,43-47,49-54,56,66,71,73-74,77-79H,18-20,22,24-28,30-33H2,1-17H3,(H,67,76)/t34-,35-,36-,37+,38-,39-,40+,43?,44?,45+,46+,47-,49?,50-,51+,52-,53-,54+,56?,58+,59+,60-,61-,62-,63+,64+/m1/s1. The second kappa shape index (κ2) is 26.6. The Hall–Kier alpha value is -3.07. The summed E-state index contributed by atoms with van der Waals surface area (Å²) in [5.41, 5.74) is -10.4. The van der Waals surface area contributed by atoms with Gasteiger partial charge >= 0.3 is 11.9 Å². The van der Waals surface area contributed by atoms with Gasteiger partial charge in [0.25, 0.3) is 5.91 Å². The molecule has 0 radical (unpaired) electrons. The number of ether oxygens (including phenoxy) is 7. The monoisotopic (exact) mass is 1220 g/mol. The Morgan fingerprint density at radius 3 is 2.20 bits per heavy atom. The molecule has 3 aliphatic heterocycles. The summed E-state index contributed by atoms with van der Waals surface area (Å²) in [6.07, 6.45) is -5.54. The molecule has 8 N–H and O–H groups in total. The van der Waals surface area contributed by atoms with E-state index in [0.717, 1.165) is 0 Å². The SMILES string of the molecule is CC[C@H]1OC(=O)[C@H](C)[C@@H](OC2C[C@@](C)(OC)[C@@H](OC(=O)CCNCCNC(=O)[C@@]3(O)[C@H](C)CC4C5CCC6=CC(=O)C=C[C@]6(C)[C@@]5(F)[C@@H](O)C[C@@]43C)[C@H](C)O2)[C@H](C)[C@@H](OC2O[C@H](C)C[C@H](N(C)C)[C@H]2O)[C@](C)(O)C[C@@H](C)CN(C)[C@H](C)[C@@H](O)[C@]1(C)O. The number of ketones is 1. The zero-order valence-electron chi connectivity index (χ0n) is 54.3. The van der Waals surface area contributed by atoms with Crippen LogP contribution in [0.25, 0.3) is 0 Å². The van der Waals surface area contributed by atoms with Crippen molar-refractivity contribution in [1.82, 2.24) is 20.4 Å². The minimum atomic E-state index is -2.09. The van der Waals surface area contributed by atoms with Crippen LogP contribution in [0.15, 0.2) is 23.8 Å². The number of halogens is 1. The molecule has 86 heavy (non-hydrogen) atoms. The van der Waals surface area contributed by atoms with Crippen LogP contribution >= 0.6 is 0 Å². The first-order valence-electron chi connectivity index (χ1n) is 31.7. The summed E-state index contributed by atoms with van der Waals surface area (Å²) in [5.74, 6) is -5.98. The maximum Gasteiger partial charge on any atom is 0.311 e. The number of rotatable bonds is 15. The summed E-state index contributed by atoms with van der Waals surface area (Å²) in [6, 6.07) is -0.945. The first kappa shape index (κ1) is 70.4. The van der Waals surface area contributed by atoms with E-state index in [9.17, 15) is 49.8 Å². The summed E-state index contributed by atoms with van der Waals surface area (Å²) < 4.78 is 62.7. The van der Waals surface area contributed by atoms with E-state index >= 15 is 4.39 Å². The number of fused-ring (bicyclic) bond motifs is 5. The quantitative estimate of drug-likeness (QED) is 0.0853. The van der Waals surface area contributed by atoms with Gasteiger partial charge in [-0.15, -0.1) is 0 Å². The number of alkyl halides is 1. The second-order valence-corrected chi connectivity index (χ2v) is 28.6. The van der Waals surface area contributed by atoms with E-state index in [4.69, 9.17) is 33.2 Å². The Bertz CT molecular complexity index is 2470. The van der Waals surface area contributed by atoms with Gasteiger partial charge in [-0.05, 0) is 151 Å². The van der Waals surface area contributed by atoms with E-state index in [1.165, 1.54) is 26.2 Å². The number of nitrogens with zero attached hydrogens (tertiary/aromatic N) is 2. The molecular weight excluding hydrogens is 1120 g/mol. The molecule has 3 heterocycles. The van der Waals surface area contributed by atoms with Crippen molar-refractivity contribution >= 4 is 23.6 Å². The summed E-state index contributed by atoms with van der Waals surface area (Å²) in [4.78, 5) is 58.5. The number of carbonyl (C=O) groups is 4. The average molecular weight is 1220 g/mol. The van der Waals surface area contributed by atoms with Gasteiger partial charge in [-0.25, -0.2) is 4.39 Å². The van der Waals surface area contributed by atoms with Gasteiger partial charge in [-0.1, -0.05) is 46.3 Å². The smallest absolute Gasteiger partial charge is 0.311 e. The van der Waals surface area contributed by atoms with Crippen LogP contribution in [-0.2, 0) is 52.3 Å². The van der Waals surface area contributed by atoms with Crippen LogP contribution in [0.5, 0.6) is 0 Å². The predicted molar refractivity (Wildman–Crippen MR) is 316 cm³/mol. The molecule has 6 fully saturated rings. The number of likely N-dealkylation sites (N-methyl/N-ethyl adjacent to an activating group) is 2. The lowest BCUT2D eigenvalue weighted by atomic mass is 9.44. The van der Waals surface area contributed by atoms with Gasteiger partial charge in [0.05, 0.1) is 48.5 Å². The van der Waals surface area contributed by atoms with Crippen molar-refractivity contribution in [1.29, 1.82) is 0 Å². The zero-order valence-corrected chi connectivity index (χ0v) is 54.3. The number of aliphatic hydroxyl groups excluding tert-OH is 3. The molecule has 492 valence electrons. The number of aliphatic hydroxyl groups is 6. The number of hydrogen-bond donors (Lipinski definition) is 8. The van der Waals surface area contributed by atoms with Gasteiger partial charge in [0.15, 0.2) is 35.7 Å². The zero-order chi connectivity index (χ0) is 64.2. The predicted octanol–water partition coefficient (Wildman–Crippen LogP) is 3.90. The van der Waals surface area contributed by atoms with E-state index in [1.54, 1.807) is 75.3 Å². The van der Waals surface area contributed by atoms with Crippen molar-refractivity contribution in [3.8, 4) is 0 Å². The number of amides is 1. The van der Waals surface area contributed by atoms with E-state index in [0.29, 0.717) is 37.8 Å². The molecule has 0 spiro atoms. The number of nitrogens with one attached hydrogen (secondary N) is 2. The molecule has 0 aromatic rings. The molecule has 0 aromatic carbocycles. The second-order valence-electron chi connectivity index (χ2n) is 28.6. The Kier molecular flexibility index (Phi) is 21.8. The first-order valence-corrected chi connectivity index (χ1v) is 31.7.